The van der Waals surface area contributed by atoms with Crippen LogP contribution in [0.3, 0.4) is 0 Å². The van der Waals surface area contributed by atoms with Crippen LogP contribution in [0.15, 0.2) is 36.8 Å². The van der Waals surface area contributed by atoms with Gasteiger partial charge in [0, 0.05) is 11.8 Å². The van der Waals surface area contributed by atoms with Crippen molar-refractivity contribution in [1.29, 1.82) is 0 Å². The zero-order chi connectivity index (χ0) is 13.4. The molecule has 0 atom stereocenters. The topological polar surface area (TPSA) is 50.9 Å². The molecule has 0 radical (unpaired) electrons. The molecule has 0 aliphatic carbocycles. The van der Waals surface area contributed by atoms with Crippen molar-refractivity contribution in [2.45, 2.75) is 20.5 Å². The van der Waals surface area contributed by atoms with E-state index < -0.39 is 0 Å². The van der Waals surface area contributed by atoms with Gasteiger partial charge in [-0.15, -0.1) is 0 Å². The van der Waals surface area contributed by atoms with Crippen LogP contribution in [0, 0.1) is 13.8 Å². The number of nitrogens with zero attached hydrogens (tertiary/aromatic N) is 3. The molecule has 3 aromatic rings. The van der Waals surface area contributed by atoms with Gasteiger partial charge < -0.3 is 5.11 Å². The average molecular weight is 253 g/mol. The molecular weight excluding hydrogens is 238 g/mol. The highest BCUT2D eigenvalue weighted by Gasteiger charge is 2.10. The molecule has 0 aliphatic rings. The molecule has 0 bridgehead atoms. The Morgan fingerprint density at radius 2 is 1.95 bits per heavy atom. The summed E-state index contributed by atoms with van der Waals surface area (Å²) in [4.78, 5) is 8.77. The van der Waals surface area contributed by atoms with E-state index in [2.05, 4.69) is 35.9 Å². The third kappa shape index (κ3) is 1.90. The number of aromatic nitrogens is 3. The minimum atomic E-state index is -0.0340. The maximum Gasteiger partial charge on any atom is 0.143 e. The molecule has 19 heavy (non-hydrogen) atoms. The summed E-state index contributed by atoms with van der Waals surface area (Å²) >= 11 is 0. The number of imidazole rings is 1. The summed E-state index contributed by atoms with van der Waals surface area (Å²) in [5, 5.41) is 9.41. The number of fused-ring (bicyclic) bond motifs is 1. The molecular formula is C15H15N3O. The molecule has 1 aromatic carbocycles. The van der Waals surface area contributed by atoms with Gasteiger partial charge in [-0.05, 0) is 43.2 Å². The normalized spacial score (nSPS) is 11.1. The lowest BCUT2D eigenvalue weighted by Crippen LogP contribution is -2.01. The summed E-state index contributed by atoms with van der Waals surface area (Å²) in [5.41, 5.74) is 5.19. The number of aryl methyl sites for hydroxylation is 2. The van der Waals surface area contributed by atoms with E-state index in [0.29, 0.717) is 0 Å². The van der Waals surface area contributed by atoms with Crippen molar-refractivity contribution in [3.63, 3.8) is 0 Å². The summed E-state index contributed by atoms with van der Waals surface area (Å²) in [7, 11) is 0. The third-order valence-corrected chi connectivity index (χ3v) is 3.43. The smallest absolute Gasteiger partial charge is 0.143 e. The van der Waals surface area contributed by atoms with Crippen LogP contribution >= 0.6 is 0 Å². The van der Waals surface area contributed by atoms with Crippen LogP contribution in [0.2, 0.25) is 0 Å². The van der Waals surface area contributed by atoms with Gasteiger partial charge in [-0.1, -0.05) is 6.07 Å². The Bertz CT molecular complexity index is 746. The van der Waals surface area contributed by atoms with Gasteiger partial charge in [0.05, 0.1) is 17.6 Å². The summed E-state index contributed by atoms with van der Waals surface area (Å²) < 4.78 is 1.92. The quantitative estimate of drug-likeness (QED) is 0.763. The largest absolute Gasteiger partial charge is 0.392 e. The van der Waals surface area contributed by atoms with E-state index in [1.807, 2.05) is 16.7 Å². The summed E-state index contributed by atoms with van der Waals surface area (Å²) in [5.74, 6) is 0.732. The Labute approximate surface area is 111 Å². The van der Waals surface area contributed by atoms with E-state index in [1.54, 1.807) is 12.5 Å². The molecule has 2 heterocycles. The molecule has 4 heteroatoms. The van der Waals surface area contributed by atoms with Crippen LogP contribution < -0.4 is 0 Å². The Hall–Kier alpha value is -2.20. The van der Waals surface area contributed by atoms with Crippen molar-refractivity contribution in [1.82, 2.24) is 14.5 Å². The number of hydrogen-bond donors (Lipinski definition) is 1. The molecule has 96 valence electrons. The summed E-state index contributed by atoms with van der Waals surface area (Å²) in [6.07, 6.45) is 3.48. The molecule has 1 N–H and O–H groups in total. The van der Waals surface area contributed by atoms with Crippen LogP contribution in [0.1, 0.15) is 16.7 Å². The predicted octanol–water partition coefficient (Wildman–Crippen LogP) is 2.53. The minimum absolute atomic E-state index is 0.0340. The number of hydrogen-bond acceptors (Lipinski definition) is 3. The Balaban J connectivity index is 2.28. The highest BCUT2D eigenvalue weighted by molar-refractivity contribution is 5.79. The van der Waals surface area contributed by atoms with Gasteiger partial charge in [-0.25, -0.2) is 9.97 Å². The Kier molecular flexibility index (Phi) is 2.80. The van der Waals surface area contributed by atoms with Crippen molar-refractivity contribution >= 4 is 11.0 Å². The first-order valence-electron chi connectivity index (χ1n) is 6.20. The highest BCUT2D eigenvalue weighted by Crippen LogP contribution is 2.22. The SMILES string of the molecule is Cc1cc2ncn(-c3ncccc3CO)c2cc1C. The monoisotopic (exact) mass is 253 g/mol. The lowest BCUT2D eigenvalue weighted by atomic mass is 10.1. The van der Waals surface area contributed by atoms with Crippen molar-refractivity contribution in [3.8, 4) is 5.82 Å². The van der Waals surface area contributed by atoms with Gasteiger partial charge >= 0.3 is 0 Å². The van der Waals surface area contributed by atoms with Gasteiger partial charge in [-0.2, -0.15) is 0 Å². The molecule has 4 nitrogen and oxygen atoms in total. The van der Waals surface area contributed by atoms with Crippen LogP contribution in [-0.2, 0) is 6.61 Å². The fourth-order valence-corrected chi connectivity index (χ4v) is 2.20. The van der Waals surface area contributed by atoms with Gasteiger partial charge in [0.15, 0.2) is 0 Å². The average Bonchev–Trinajstić information content (AvgIpc) is 2.82. The van der Waals surface area contributed by atoms with E-state index in [1.165, 1.54) is 11.1 Å². The number of rotatable bonds is 2. The molecule has 3 rings (SSSR count). The van der Waals surface area contributed by atoms with E-state index in [9.17, 15) is 5.11 Å². The van der Waals surface area contributed by atoms with Crippen LogP contribution in [0.4, 0.5) is 0 Å². The lowest BCUT2D eigenvalue weighted by Gasteiger charge is -2.08. The molecule has 2 aromatic heterocycles. The minimum Gasteiger partial charge on any atom is -0.392 e. The van der Waals surface area contributed by atoms with Crippen molar-refractivity contribution in [3.05, 3.63) is 53.5 Å². The van der Waals surface area contributed by atoms with Gasteiger partial charge in [0.25, 0.3) is 0 Å². The summed E-state index contributed by atoms with van der Waals surface area (Å²) in [6.45, 7) is 4.12. The second-order valence-electron chi connectivity index (χ2n) is 4.68. The molecule has 0 saturated carbocycles. The van der Waals surface area contributed by atoms with Gasteiger partial charge in [0.1, 0.15) is 12.1 Å². The number of benzene rings is 1. The van der Waals surface area contributed by atoms with Crippen molar-refractivity contribution in [2.75, 3.05) is 0 Å². The van der Waals surface area contributed by atoms with Crippen LogP contribution in [-0.4, -0.2) is 19.6 Å². The van der Waals surface area contributed by atoms with E-state index >= 15 is 0 Å². The first-order chi connectivity index (χ1) is 9.20. The fourth-order valence-electron chi connectivity index (χ4n) is 2.20. The first-order valence-corrected chi connectivity index (χ1v) is 6.20. The van der Waals surface area contributed by atoms with Crippen LogP contribution in [0.5, 0.6) is 0 Å². The predicted molar refractivity (Wildman–Crippen MR) is 74.3 cm³/mol. The molecule has 0 fully saturated rings. The standard InChI is InChI=1S/C15H15N3O/c1-10-6-13-14(7-11(10)2)18(9-17-13)15-12(8-19)4-3-5-16-15/h3-7,9,19H,8H2,1-2H3. The molecule has 0 saturated heterocycles. The van der Waals surface area contributed by atoms with E-state index in [0.717, 1.165) is 22.4 Å². The molecule has 0 amide bonds. The molecule has 0 unspecified atom stereocenters. The number of aliphatic hydroxyl groups is 1. The van der Waals surface area contributed by atoms with Crippen molar-refractivity contribution in [2.24, 2.45) is 0 Å². The molecule has 0 aliphatic heterocycles. The fraction of sp³-hybridized carbons (Fsp3) is 0.200. The maximum atomic E-state index is 9.41. The Morgan fingerprint density at radius 1 is 1.16 bits per heavy atom. The lowest BCUT2D eigenvalue weighted by molar-refractivity contribution is 0.281. The maximum absolute atomic E-state index is 9.41. The summed E-state index contributed by atoms with van der Waals surface area (Å²) in [6, 6.07) is 7.87. The third-order valence-electron chi connectivity index (χ3n) is 3.43. The van der Waals surface area contributed by atoms with Crippen LogP contribution in [0.25, 0.3) is 16.9 Å². The first kappa shape index (κ1) is 11.9. The molecule has 0 spiro atoms. The second-order valence-corrected chi connectivity index (χ2v) is 4.68. The number of aliphatic hydroxyl groups excluding tert-OH is 1. The van der Waals surface area contributed by atoms with E-state index in [4.69, 9.17) is 0 Å². The number of pyridine rings is 1. The zero-order valence-corrected chi connectivity index (χ0v) is 11.0. The zero-order valence-electron chi connectivity index (χ0n) is 11.0. The van der Waals surface area contributed by atoms with Gasteiger partial charge in [0.2, 0.25) is 0 Å². The van der Waals surface area contributed by atoms with Crippen molar-refractivity contribution < 1.29 is 5.11 Å². The van der Waals surface area contributed by atoms with Gasteiger partial charge in [-0.3, -0.25) is 4.57 Å². The second kappa shape index (κ2) is 4.48. The highest BCUT2D eigenvalue weighted by atomic mass is 16.3. The van der Waals surface area contributed by atoms with E-state index in [-0.39, 0.29) is 6.61 Å². The Morgan fingerprint density at radius 3 is 2.74 bits per heavy atom.